The molecular weight excluding hydrogens is 466 g/mol. The van der Waals surface area contributed by atoms with Gasteiger partial charge in [0.1, 0.15) is 11.9 Å². The first kappa shape index (κ1) is 27.3. The Balaban J connectivity index is 2.25. The Kier molecular flexibility index (Phi) is 10.3. The molecule has 8 nitrogen and oxygen atoms in total. The van der Waals surface area contributed by atoms with E-state index in [0.29, 0.717) is 18.7 Å². The Bertz CT molecular complexity index is 1020. The summed E-state index contributed by atoms with van der Waals surface area (Å²) < 4.78 is 35.3. The zero-order valence-corrected chi connectivity index (χ0v) is 21.2. The van der Waals surface area contributed by atoms with E-state index in [0.717, 1.165) is 30.7 Å². The Morgan fingerprint density at radius 3 is 2.45 bits per heavy atom. The van der Waals surface area contributed by atoms with Gasteiger partial charge in [-0.15, -0.1) is 0 Å². The molecule has 0 saturated carbocycles. The van der Waals surface area contributed by atoms with E-state index in [1.807, 2.05) is 11.5 Å². The number of unbranched alkanes of at least 4 members (excludes halogenated alkanes) is 1. The van der Waals surface area contributed by atoms with Gasteiger partial charge in [-0.25, -0.2) is 13.4 Å². The molecule has 0 saturated heterocycles. The lowest BCUT2D eigenvalue weighted by Crippen LogP contribution is -2.45. The lowest BCUT2D eigenvalue weighted by Gasteiger charge is -2.22. The number of benzene rings is 1. The number of halogens is 1. The van der Waals surface area contributed by atoms with Crippen LogP contribution in [0.5, 0.6) is 0 Å². The van der Waals surface area contributed by atoms with E-state index < -0.39 is 22.0 Å². The first-order valence-electron chi connectivity index (χ1n) is 11.3. The second kappa shape index (κ2) is 12.5. The van der Waals surface area contributed by atoms with E-state index in [1.54, 1.807) is 26.0 Å². The molecule has 184 valence electrons. The summed E-state index contributed by atoms with van der Waals surface area (Å²) in [4.78, 5) is 16.7. The van der Waals surface area contributed by atoms with Crippen LogP contribution in [0, 0.1) is 5.92 Å². The third-order valence-electron chi connectivity index (χ3n) is 5.62. The molecule has 0 bridgehead atoms. The molecule has 1 aromatic heterocycles. The molecule has 2 N–H and O–H groups in total. The molecule has 2 aromatic rings. The maximum Gasteiger partial charge on any atom is 0.324 e. The van der Waals surface area contributed by atoms with Crippen molar-refractivity contribution in [3.63, 3.8) is 0 Å². The number of aromatic nitrogens is 2. The lowest BCUT2D eigenvalue weighted by molar-refractivity contribution is -0.146. The van der Waals surface area contributed by atoms with Gasteiger partial charge in [-0.3, -0.25) is 4.79 Å². The molecule has 0 radical (unpaired) electrons. The van der Waals surface area contributed by atoms with E-state index in [1.165, 1.54) is 12.1 Å². The zero-order chi connectivity index (χ0) is 24.6. The maximum atomic E-state index is 12.9. The van der Waals surface area contributed by atoms with Crippen molar-refractivity contribution in [2.75, 3.05) is 6.61 Å². The number of sulfonamides is 1. The molecule has 0 amide bonds. The number of imidazole rings is 1. The molecular formula is C23H34ClN3O5S. The third-order valence-corrected chi connectivity index (χ3v) is 7.38. The number of aryl methyl sites for hydroxylation is 1. The summed E-state index contributed by atoms with van der Waals surface area (Å²) in [5.74, 6) is -0.0159. The van der Waals surface area contributed by atoms with Gasteiger partial charge in [-0.1, -0.05) is 57.3 Å². The smallest absolute Gasteiger partial charge is 0.324 e. The predicted octanol–water partition coefficient (Wildman–Crippen LogP) is 3.68. The minimum absolute atomic E-state index is 0.0566. The summed E-state index contributed by atoms with van der Waals surface area (Å²) in [6.07, 6.45) is 3.30. The van der Waals surface area contributed by atoms with E-state index in [-0.39, 0.29) is 29.2 Å². The topological polar surface area (TPSA) is 111 Å². The van der Waals surface area contributed by atoms with Crippen molar-refractivity contribution in [3.05, 3.63) is 46.5 Å². The second-order valence-corrected chi connectivity index (χ2v) is 10.1. The average molecular weight is 500 g/mol. The van der Waals surface area contributed by atoms with Crippen molar-refractivity contribution < 1.29 is 23.1 Å². The van der Waals surface area contributed by atoms with E-state index >= 15 is 0 Å². The predicted molar refractivity (Wildman–Crippen MR) is 128 cm³/mol. The SMILES string of the molecule is CCCCc1nc(Cl)c(CO)n1Cc1ccc(S(=O)(=O)N[C@H](C(=O)OCC)[C@@H](C)CC)cc1. The van der Waals surface area contributed by atoms with Gasteiger partial charge < -0.3 is 14.4 Å². The molecule has 0 spiro atoms. The first-order valence-corrected chi connectivity index (χ1v) is 13.2. The molecule has 0 unspecified atom stereocenters. The number of hydrogen-bond donors (Lipinski definition) is 2. The van der Waals surface area contributed by atoms with Gasteiger partial charge >= 0.3 is 5.97 Å². The van der Waals surface area contributed by atoms with Gasteiger partial charge in [-0.2, -0.15) is 4.72 Å². The summed E-state index contributed by atoms with van der Waals surface area (Å²) in [6.45, 7) is 7.80. The van der Waals surface area contributed by atoms with Crippen molar-refractivity contribution in [1.82, 2.24) is 14.3 Å². The number of hydrogen-bond acceptors (Lipinski definition) is 6. The zero-order valence-electron chi connectivity index (χ0n) is 19.7. The van der Waals surface area contributed by atoms with Gasteiger partial charge in [0.15, 0.2) is 5.15 Å². The summed E-state index contributed by atoms with van der Waals surface area (Å²) in [7, 11) is -3.93. The lowest BCUT2D eigenvalue weighted by atomic mass is 10.0. The minimum atomic E-state index is -3.93. The fourth-order valence-corrected chi connectivity index (χ4v) is 4.98. The van der Waals surface area contributed by atoms with Crippen LogP contribution in [0.25, 0.3) is 0 Å². The van der Waals surface area contributed by atoms with E-state index in [2.05, 4.69) is 16.6 Å². The highest BCUT2D eigenvalue weighted by atomic mass is 35.5. The van der Waals surface area contributed by atoms with Crippen LogP contribution >= 0.6 is 11.6 Å². The number of carbonyl (C=O) groups is 1. The highest BCUT2D eigenvalue weighted by Crippen LogP contribution is 2.22. The number of esters is 1. The number of carbonyl (C=O) groups excluding carboxylic acids is 1. The number of nitrogens with zero attached hydrogens (tertiary/aromatic N) is 2. The standard InChI is InChI=1S/C23H34ClN3O5S/c1-5-8-9-20-25-22(24)19(15-28)27(20)14-17-10-12-18(13-11-17)33(30,31)26-21(16(4)6-2)23(29)32-7-3/h10-13,16,21,26,28H,5-9,14-15H2,1-4H3/t16-,21-/m0/s1. The highest BCUT2D eigenvalue weighted by molar-refractivity contribution is 7.89. The summed E-state index contributed by atoms with van der Waals surface area (Å²) in [6, 6.07) is 5.45. The number of ether oxygens (including phenoxy) is 1. The van der Waals surface area contributed by atoms with Crippen molar-refractivity contribution in [2.24, 2.45) is 5.92 Å². The number of rotatable bonds is 13. The van der Waals surface area contributed by atoms with E-state index in [9.17, 15) is 18.3 Å². The molecule has 0 aliphatic heterocycles. The van der Waals surface area contributed by atoms with Crippen LogP contribution in [-0.4, -0.2) is 41.7 Å². The Morgan fingerprint density at radius 1 is 1.24 bits per heavy atom. The maximum absolute atomic E-state index is 12.9. The third kappa shape index (κ3) is 7.02. The van der Waals surface area contributed by atoms with Crippen LogP contribution < -0.4 is 4.72 Å². The molecule has 2 rings (SSSR count). The fourth-order valence-electron chi connectivity index (χ4n) is 3.42. The van der Waals surface area contributed by atoms with E-state index in [4.69, 9.17) is 16.3 Å². The quantitative estimate of drug-likeness (QED) is 0.407. The molecule has 0 aliphatic carbocycles. The van der Waals surface area contributed by atoms with Crippen molar-refractivity contribution in [1.29, 1.82) is 0 Å². The Hall–Kier alpha value is -1.94. The molecule has 33 heavy (non-hydrogen) atoms. The monoisotopic (exact) mass is 499 g/mol. The van der Waals surface area contributed by atoms with Crippen molar-refractivity contribution in [3.8, 4) is 0 Å². The summed E-state index contributed by atoms with van der Waals surface area (Å²) in [5.41, 5.74) is 1.37. The fraction of sp³-hybridized carbons (Fsp3) is 0.565. The van der Waals surface area contributed by atoms with Crippen molar-refractivity contribution >= 4 is 27.6 Å². The normalized spacial score (nSPS) is 13.6. The van der Waals surface area contributed by atoms with Crippen LogP contribution in [0.1, 0.15) is 64.0 Å². The van der Waals surface area contributed by atoms with Crippen LogP contribution in [0.2, 0.25) is 5.15 Å². The van der Waals surface area contributed by atoms with Crippen LogP contribution in [0.3, 0.4) is 0 Å². The average Bonchev–Trinajstić information content (AvgIpc) is 3.09. The van der Waals surface area contributed by atoms with Gasteiger partial charge in [0.2, 0.25) is 10.0 Å². The van der Waals surface area contributed by atoms with Crippen molar-refractivity contribution in [2.45, 2.75) is 77.5 Å². The summed E-state index contributed by atoms with van der Waals surface area (Å²) in [5, 5.41) is 10.0. The first-order chi connectivity index (χ1) is 15.7. The molecule has 1 heterocycles. The molecule has 1 aromatic carbocycles. The minimum Gasteiger partial charge on any atom is -0.465 e. The molecule has 0 aliphatic rings. The van der Waals surface area contributed by atoms with Gasteiger partial charge in [0.25, 0.3) is 0 Å². The van der Waals surface area contributed by atoms with Crippen LogP contribution in [0.15, 0.2) is 29.2 Å². The molecule has 10 heteroatoms. The molecule has 0 fully saturated rings. The van der Waals surface area contributed by atoms with Gasteiger partial charge in [-0.05, 0) is 37.0 Å². The Labute approximate surface area is 201 Å². The molecule has 2 atom stereocenters. The number of nitrogens with one attached hydrogen (secondary N) is 1. The Morgan fingerprint density at radius 2 is 1.91 bits per heavy atom. The highest BCUT2D eigenvalue weighted by Gasteiger charge is 2.30. The summed E-state index contributed by atoms with van der Waals surface area (Å²) >= 11 is 6.20. The van der Waals surface area contributed by atoms with Crippen LogP contribution in [0.4, 0.5) is 0 Å². The van der Waals surface area contributed by atoms with Crippen LogP contribution in [-0.2, 0) is 39.1 Å². The second-order valence-electron chi connectivity index (χ2n) is 7.99. The van der Waals surface area contributed by atoms with Gasteiger partial charge in [0.05, 0.1) is 23.8 Å². The number of aliphatic hydroxyl groups excluding tert-OH is 1. The van der Waals surface area contributed by atoms with Gasteiger partial charge in [0, 0.05) is 13.0 Å². The number of aliphatic hydroxyl groups is 1. The largest absolute Gasteiger partial charge is 0.465 e.